The van der Waals surface area contributed by atoms with Crippen LogP contribution in [0.15, 0.2) is 0 Å². The highest BCUT2D eigenvalue weighted by Gasteiger charge is 2.41. The summed E-state index contributed by atoms with van der Waals surface area (Å²) in [6.45, 7) is 13.9. The lowest BCUT2D eigenvalue weighted by Gasteiger charge is -2.41. The Bertz CT molecular complexity index is 320. The zero-order valence-electron chi connectivity index (χ0n) is 14.1. The van der Waals surface area contributed by atoms with Gasteiger partial charge in [-0.25, -0.2) is 0 Å². The maximum atomic E-state index is 11.8. The maximum Gasteiger partial charge on any atom is 0.309 e. The van der Waals surface area contributed by atoms with Gasteiger partial charge in [0.05, 0.1) is 12.0 Å². The Hall–Kier alpha value is -0.353. The molecule has 0 aromatic heterocycles. The van der Waals surface area contributed by atoms with Gasteiger partial charge in [0, 0.05) is 0 Å². The minimum absolute atomic E-state index is 0.0174. The fourth-order valence-electron chi connectivity index (χ4n) is 2.33. The molecule has 1 saturated heterocycles. The van der Waals surface area contributed by atoms with Gasteiger partial charge in [-0.2, -0.15) is 0 Å². The van der Waals surface area contributed by atoms with E-state index in [9.17, 15) is 4.79 Å². The van der Waals surface area contributed by atoms with Gasteiger partial charge in [0.25, 0.3) is 0 Å². The average Bonchev–Trinajstić information content (AvgIpc) is 2.31. The molecule has 20 heavy (non-hydrogen) atoms. The highest BCUT2D eigenvalue weighted by Crippen LogP contribution is 2.38. The van der Waals surface area contributed by atoms with E-state index < -0.39 is 8.32 Å². The number of carbonyl (C=O) groups is 1. The van der Waals surface area contributed by atoms with E-state index in [2.05, 4.69) is 40.8 Å². The van der Waals surface area contributed by atoms with Crippen molar-refractivity contribution in [2.45, 2.75) is 84.0 Å². The third kappa shape index (κ3) is 4.88. The van der Waals surface area contributed by atoms with Crippen LogP contribution >= 0.6 is 0 Å². The van der Waals surface area contributed by atoms with Crippen molar-refractivity contribution in [1.29, 1.82) is 0 Å². The van der Waals surface area contributed by atoms with E-state index >= 15 is 0 Å². The van der Waals surface area contributed by atoms with E-state index in [-0.39, 0.29) is 23.0 Å². The molecule has 1 fully saturated rings. The minimum Gasteiger partial charge on any atom is -0.463 e. The average molecular weight is 301 g/mol. The molecule has 1 aliphatic rings. The van der Waals surface area contributed by atoms with Gasteiger partial charge >= 0.3 is 5.97 Å². The molecule has 0 amide bonds. The van der Waals surface area contributed by atoms with Gasteiger partial charge in [-0.1, -0.05) is 47.0 Å². The second-order valence-electron chi connectivity index (χ2n) is 7.56. The Morgan fingerprint density at radius 3 is 2.50 bits per heavy atom. The van der Waals surface area contributed by atoms with Gasteiger partial charge in [0.2, 0.25) is 0 Å². The normalized spacial score (nSPS) is 24.6. The van der Waals surface area contributed by atoms with Crippen molar-refractivity contribution in [1.82, 2.24) is 0 Å². The summed E-state index contributed by atoms with van der Waals surface area (Å²) in [5.41, 5.74) is 0. The standard InChI is InChI=1S/C16H32O3Si/c1-7-8-9-10-13-11-14(12-18-15(13)17)19-20(5,6)16(2,3)4/h13-14H,7-12H2,1-6H3/t13-,14-/m1/s1. The first-order valence-electron chi connectivity index (χ1n) is 8.02. The predicted octanol–water partition coefficient (Wildman–Crippen LogP) is 4.52. The largest absolute Gasteiger partial charge is 0.463 e. The van der Waals surface area contributed by atoms with Crippen molar-refractivity contribution in [3.8, 4) is 0 Å². The molecule has 4 heteroatoms. The highest BCUT2D eigenvalue weighted by atomic mass is 28.4. The van der Waals surface area contributed by atoms with Crippen LogP contribution in [-0.4, -0.2) is 27.0 Å². The number of hydrogen-bond acceptors (Lipinski definition) is 3. The topological polar surface area (TPSA) is 35.5 Å². The molecule has 0 radical (unpaired) electrons. The molecule has 0 aromatic carbocycles. The predicted molar refractivity (Wildman–Crippen MR) is 85.3 cm³/mol. The van der Waals surface area contributed by atoms with Crippen LogP contribution in [0.5, 0.6) is 0 Å². The van der Waals surface area contributed by atoms with Crippen LogP contribution < -0.4 is 0 Å². The zero-order chi connectivity index (χ0) is 15.4. The summed E-state index contributed by atoms with van der Waals surface area (Å²) in [6.07, 6.45) is 5.38. The van der Waals surface area contributed by atoms with Crippen LogP contribution in [0.4, 0.5) is 0 Å². The van der Waals surface area contributed by atoms with Crippen molar-refractivity contribution in [3.05, 3.63) is 0 Å². The number of rotatable bonds is 6. The van der Waals surface area contributed by atoms with Crippen molar-refractivity contribution < 1.29 is 14.0 Å². The van der Waals surface area contributed by atoms with E-state index in [0.29, 0.717) is 6.61 Å². The molecule has 0 spiro atoms. The molecule has 2 atom stereocenters. The van der Waals surface area contributed by atoms with E-state index in [1.807, 2.05) is 0 Å². The van der Waals surface area contributed by atoms with Gasteiger partial charge in [0.15, 0.2) is 8.32 Å². The third-order valence-electron chi connectivity index (χ3n) is 4.72. The Morgan fingerprint density at radius 2 is 1.95 bits per heavy atom. The van der Waals surface area contributed by atoms with Crippen molar-refractivity contribution >= 4 is 14.3 Å². The van der Waals surface area contributed by atoms with Crippen LogP contribution in [0.1, 0.15) is 59.8 Å². The lowest BCUT2D eigenvalue weighted by atomic mass is 9.93. The summed E-state index contributed by atoms with van der Waals surface area (Å²) in [6, 6.07) is 0. The molecule has 0 aromatic rings. The number of cyclic esters (lactones) is 1. The smallest absolute Gasteiger partial charge is 0.309 e. The summed E-state index contributed by atoms with van der Waals surface area (Å²) >= 11 is 0. The molecule has 3 nitrogen and oxygen atoms in total. The van der Waals surface area contributed by atoms with E-state index in [4.69, 9.17) is 9.16 Å². The first kappa shape index (κ1) is 17.7. The molecule has 0 unspecified atom stereocenters. The minimum atomic E-state index is -1.77. The van der Waals surface area contributed by atoms with E-state index in [1.54, 1.807) is 0 Å². The number of esters is 1. The number of carbonyl (C=O) groups excluding carboxylic acids is 1. The number of unbranched alkanes of at least 4 members (excludes halogenated alkanes) is 2. The van der Waals surface area contributed by atoms with Crippen LogP contribution in [0.2, 0.25) is 18.1 Å². The van der Waals surface area contributed by atoms with Gasteiger partial charge in [-0.3, -0.25) is 4.79 Å². The second-order valence-corrected chi connectivity index (χ2v) is 12.3. The van der Waals surface area contributed by atoms with E-state index in [1.165, 1.54) is 12.8 Å². The maximum absolute atomic E-state index is 11.8. The number of ether oxygens (including phenoxy) is 1. The van der Waals surface area contributed by atoms with E-state index in [0.717, 1.165) is 19.3 Å². The lowest BCUT2D eigenvalue weighted by Crippen LogP contribution is -2.47. The van der Waals surface area contributed by atoms with Crippen LogP contribution in [0.3, 0.4) is 0 Å². The molecular weight excluding hydrogens is 268 g/mol. The van der Waals surface area contributed by atoms with Gasteiger partial charge in [0.1, 0.15) is 6.61 Å². The summed E-state index contributed by atoms with van der Waals surface area (Å²) in [5, 5.41) is 0.201. The Balaban J connectivity index is 2.54. The van der Waals surface area contributed by atoms with Crippen molar-refractivity contribution in [2.24, 2.45) is 5.92 Å². The molecule has 0 bridgehead atoms. The SMILES string of the molecule is CCCCC[C@@H]1C[C@@H](O[Si](C)(C)C(C)(C)C)COC1=O. The fraction of sp³-hybridized carbons (Fsp3) is 0.938. The van der Waals surface area contributed by atoms with Crippen LogP contribution in [-0.2, 0) is 14.0 Å². The van der Waals surface area contributed by atoms with Gasteiger partial charge in [-0.05, 0) is 31.0 Å². The summed E-state index contributed by atoms with van der Waals surface area (Å²) < 4.78 is 11.7. The Morgan fingerprint density at radius 1 is 1.30 bits per heavy atom. The summed E-state index contributed by atoms with van der Waals surface area (Å²) in [5.74, 6) is 0.0289. The summed E-state index contributed by atoms with van der Waals surface area (Å²) in [4.78, 5) is 11.8. The first-order chi connectivity index (χ1) is 9.17. The molecule has 0 saturated carbocycles. The zero-order valence-corrected chi connectivity index (χ0v) is 15.1. The van der Waals surface area contributed by atoms with Crippen LogP contribution in [0.25, 0.3) is 0 Å². The monoisotopic (exact) mass is 300 g/mol. The first-order valence-corrected chi connectivity index (χ1v) is 10.9. The van der Waals surface area contributed by atoms with Gasteiger partial charge in [-0.15, -0.1) is 0 Å². The second kappa shape index (κ2) is 7.08. The fourth-order valence-corrected chi connectivity index (χ4v) is 3.68. The molecule has 1 rings (SSSR count). The van der Waals surface area contributed by atoms with Crippen LogP contribution in [0, 0.1) is 5.92 Å². The molecule has 1 heterocycles. The van der Waals surface area contributed by atoms with Crippen molar-refractivity contribution in [2.75, 3.05) is 6.61 Å². The lowest BCUT2D eigenvalue weighted by molar-refractivity contribution is -0.159. The summed E-state index contributed by atoms with van der Waals surface area (Å²) in [7, 11) is -1.77. The third-order valence-corrected chi connectivity index (χ3v) is 9.25. The molecule has 1 aliphatic heterocycles. The Kier molecular flexibility index (Phi) is 6.26. The number of hydrogen-bond donors (Lipinski definition) is 0. The molecular formula is C16H32O3Si. The van der Waals surface area contributed by atoms with Gasteiger partial charge < -0.3 is 9.16 Å². The van der Waals surface area contributed by atoms with Crippen molar-refractivity contribution in [3.63, 3.8) is 0 Å². The molecule has 118 valence electrons. The highest BCUT2D eigenvalue weighted by molar-refractivity contribution is 6.74. The Labute approximate surface area is 125 Å². The molecule has 0 N–H and O–H groups in total. The molecule has 0 aliphatic carbocycles. The quantitative estimate of drug-likeness (QED) is 0.411.